The quantitative estimate of drug-likeness (QED) is 0.671. The third-order valence-electron chi connectivity index (χ3n) is 5.01. The molecule has 3 heterocycles. The molecule has 1 atom stereocenters. The molecule has 8 heteroatoms. The Morgan fingerprint density at radius 3 is 2.93 bits per heavy atom. The molecule has 3 aromatic rings. The van der Waals surface area contributed by atoms with Gasteiger partial charge in [-0.15, -0.1) is 15.3 Å². The van der Waals surface area contributed by atoms with E-state index in [2.05, 4.69) is 51.5 Å². The molecule has 0 saturated carbocycles. The van der Waals surface area contributed by atoms with Crippen molar-refractivity contribution in [2.24, 2.45) is 0 Å². The number of hydrogen-bond donors (Lipinski definition) is 0. The molecule has 27 heavy (non-hydrogen) atoms. The van der Waals surface area contributed by atoms with Crippen LogP contribution in [0.4, 0.5) is 0 Å². The van der Waals surface area contributed by atoms with Crippen LogP contribution in [-0.2, 0) is 17.8 Å². The molecule has 0 radical (unpaired) electrons. The lowest BCUT2D eigenvalue weighted by atomic mass is 9.94. The largest absolute Gasteiger partial charge is 0.467 e. The fourth-order valence-electron chi connectivity index (χ4n) is 3.37. The molecule has 140 valence electrons. The van der Waals surface area contributed by atoms with Crippen LogP contribution in [0, 0.1) is 0 Å². The summed E-state index contributed by atoms with van der Waals surface area (Å²) >= 11 is 0. The van der Waals surface area contributed by atoms with Crippen LogP contribution in [0.1, 0.15) is 11.1 Å². The van der Waals surface area contributed by atoms with Crippen molar-refractivity contribution in [3.63, 3.8) is 0 Å². The first-order valence-electron chi connectivity index (χ1n) is 8.91. The fraction of sp³-hybridized carbons (Fsp3) is 0.368. The molecule has 0 fully saturated rings. The van der Waals surface area contributed by atoms with Crippen LogP contribution in [0.25, 0.3) is 5.65 Å². The van der Waals surface area contributed by atoms with Crippen LogP contribution < -0.4 is 4.74 Å². The highest BCUT2D eigenvalue weighted by atomic mass is 16.5. The number of amides is 1. The number of rotatable bonds is 5. The first-order chi connectivity index (χ1) is 13.1. The molecule has 1 aliphatic heterocycles. The van der Waals surface area contributed by atoms with Crippen molar-refractivity contribution >= 4 is 11.6 Å². The Labute approximate surface area is 157 Å². The smallest absolute Gasteiger partial charge is 0.260 e. The van der Waals surface area contributed by atoms with E-state index in [0.717, 1.165) is 13.0 Å². The predicted molar refractivity (Wildman–Crippen MR) is 99.3 cm³/mol. The number of fused-ring (bicyclic) bond motifs is 2. The van der Waals surface area contributed by atoms with Gasteiger partial charge in [-0.05, 0) is 30.7 Å². The van der Waals surface area contributed by atoms with E-state index in [1.807, 2.05) is 7.05 Å². The highest BCUT2D eigenvalue weighted by Gasteiger charge is 2.25. The van der Waals surface area contributed by atoms with Crippen LogP contribution in [0.15, 0.2) is 42.7 Å². The zero-order chi connectivity index (χ0) is 18.8. The Bertz CT molecular complexity index is 956. The lowest BCUT2D eigenvalue weighted by Gasteiger charge is -2.36. The minimum absolute atomic E-state index is 0.0514. The van der Waals surface area contributed by atoms with E-state index in [1.165, 1.54) is 22.0 Å². The maximum absolute atomic E-state index is 12.5. The van der Waals surface area contributed by atoms with Gasteiger partial charge in [0.1, 0.15) is 6.33 Å². The van der Waals surface area contributed by atoms with Crippen molar-refractivity contribution in [1.82, 2.24) is 29.6 Å². The number of carbonyl (C=O) groups is 1. The summed E-state index contributed by atoms with van der Waals surface area (Å²) in [5.74, 6) is 0.292. The maximum atomic E-state index is 12.5. The van der Waals surface area contributed by atoms with E-state index in [-0.39, 0.29) is 12.5 Å². The summed E-state index contributed by atoms with van der Waals surface area (Å²) in [7, 11) is 3.92. The molecule has 0 N–H and O–H groups in total. The lowest BCUT2D eigenvalue weighted by molar-refractivity contribution is -0.132. The van der Waals surface area contributed by atoms with Crippen molar-refractivity contribution in [2.75, 3.05) is 27.2 Å². The minimum Gasteiger partial charge on any atom is -0.467 e. The Kier molecular flexibility index (Phi) is 4.72. The molecule has 0 spiro atoms. The van der Waals surface area contributed by atoms with Gasteiger partial charge < -0.3 is 9.64 Å². The molecular weight excluding hydrogens is 344 g/mol. The number of benzene rings is 1. The average molecular weight is 366 g/mol. The van der Waals surface area contributed by atoms with E-state index >= 15 is 0 Å². The minimum atomic E-state index is -0.0760. The number of nitrogens with zero attached hydrogens (tertiary/aromatic N) is 6. The molecule has 0 aliphatic carbocycles. The van der Waals surface area contributed by atoms with E-state index in [0.29, 0.717) is 24.1 Å². The van der Waals surface area contributed by atoms with Gasteiger partial charge in [0.2, 0.25) is 5.88 Å². The average Bonchev–Trinajstić information content (AvgIpc) is 3.14. The van der Waals surface area contributed by atoms with Crippen LogP contribution in [0.2, 0.25) is 0 Å². The lowest BCUT2D eigenvalue weighted by Crippen LogP contribution is -2.47. The molecule has 8 nitrogen and oxygen atoms in total. The third-order valence-corrected chi connectivity index (χ3v) is 5.01. The van der Waals surface area contributed by atoms with Gasteiger partial charge in [0.25, 0.3) is 5.91 Å². The number of likely N-dealkylation sites (N-methyl/N-ethyl adjacent to an activating group) is 2. The Balaban J connectivity index is 1.33. The molecule has 0 saturated heterocycles. The fourth-order valence-corrected chi connectivity index (χ4v) is 3.37. The second-order valence-electron chi connectivity index (χ2n) is 6.91. The van der Waals surface area contributed by atoms with Crippen molar-refractivity contribution in [2.45, 2.75) is 19.0 Å². The number of aromatic nitrogens is 4. The second kappa shape index (κ2) is 7.32. The second-order valence-corrected chi connectivity index (χ2v) is 6.91. The van der Waals surface area contributed by atoms with Crippen LogP contribution >= 0.6 is 0 Å². The van der Waals surface area contributed by atoms with E-state index in [4.69, 9.17) is 4.74 Å². The normalized spacial score (nSPS) is 16.9. The number of ether oxygens (including phenoxy) is 1. The first-order valence-corrected chi connectivity index (χ1v) is 8.91. The molecule has 2 aromatic heterocycles. The molecule has 0 bridgehead atoms. The SMILES string of the molecule is CN(C[C@H]1Cc2ccccc2CN1C)C(=O)COc1ccc2nncn2n1. The Morgan fingerprint density at radius 2 is 2.07 bits per heavy atom. The van der Waals surface area contributed by atoms with E-state index in [9.17, 15) is 4.79 Å². The summed E-state index contributed by atoms with van der Waals surface area (Å²) < 4.78 is 7.06. The summed E-state index contributed by atoms with van der Waals surface area (Å²) in [6, 6.07) is 12.2. The van der Waals surface area contributed by atoms with Crippen LogP contribution in [0.5, 0.6) is 5.88 Å². The van der Waals surface area contributed by atoms with Gasteiger partial charge in [0.15, 0.2) is 12.3 Å². The third kappa shape index (κ3) is 3.75. The highest BCUT2D eigenvalue weighted by Crippen LogP contribution is 2.22. The zero-order valence-electron chi connectivity index (χ0n) is 15.4. The summed E-state index contributed by atoms with van der Waals surface area (Å²) in [5, 5.41) is 11.9. The van der Waals surface area contributed by atoms with Gasteiger partial charge in [-0.1, -0.05) is 24.3 Å². The van der Waals surface area contributed by atoms with Gasteiger partial charge >= 0.3 is 0 Å². The topological polar surface area (TPSA) is 75.9 Å². The maximum Gasteiger partial charge on any atom is 0.260 e. The van der Waals surface area contributed by atoms with Gasteiger partial charge in [-0.3, -0.25) is 9.69 Å². The first kappa shape index (κ1) is 17.4. The van der Waals surface area contributed by atoms with Gasteiger partial charge in [0.05, 0.1) is 0 Å². The number of carbonyl (C=O) groups excluding carboxylic acids is 1. The van der Waals surface area contributed by atoms with Gasteiger partial charge in [-0.2, -0.15) is 4.52 Å². The van der Waals surface area contributed by atoms with Crippen LogP contribution in [-0.4, -0.2) is 68.8 Å². The van der Waals surface area contributed by atoms with Gasteiger partial charge in [0, 0.05) is 32.2 Å². The molecule has 1 aromatic carbocycles. The summed E-state index contributed by atoms with van der Waals surface area (Å²) in [4.78, 5) is 16.5. The molecule has 1 amide bonds. The summed E-state index contributed by atoms with van der Waals surface area (Å²) in [5.41, 5.74) is 3.36. The number of hydrogen-bond acceptors (Lipinski definition) is 6. The van der Waals surface area contributed by atoms with Gasteiger partial charge in [-0.25, -0.2) is 0 Å². The monoisotopic (exact) mass is 366 g/mol. The molecular formula is C19H22N6O2. The standard InChI is InChI=1S/C19H22N6O2/c1-23-10-15-6-4-3-5-14(15)9-16(23)11-24(2)19(26)12-27-18-8-7-17-21-20-13-25(17)22-18/h3-8,13,16H,9-12H2,1-2H3/t16-/m1/s1. The Hall–Kier alpha value is -3.00. The highest BCUT2D eigenvalue weighted by molar-refractivity contribution is 5.77. The molecule has 4 rings (SSSR count). The summed E-state index contributed by atoms with van der Waals surface area (Å²) in [6.07, 6.45) is 2.43. The van der Waals surface area contributed by atoms with E-state index in [1.54, 1.807) is 17.0 Å². The van der Waals surface area contributed by atoms with E-state index < -0.39 is 0 Å². The van der Waals surface area contributed by atoms with Crippen molar-refractivity contribution in [3.8, 4) is 5.88 Å². The summed E-state index contributed by atoms with van der Waals surface area (Å²) in [6.45, 7) is 1.51. The van der Waals surface area contributed by atoms with Crippen molar-refractivity contribution < 1.29 is 9.53 Å². The van der Waals surface area contributed by atoms with Crippen LogP contribution in [0.3, 0.4) is 0 Å². The predicted octanol–water partition coefficient (Wildman–Crippen LogP) is 1.02. The molecule has 1 aliphatic rings. The van der Waals surface area contributed by atoms with Crippen molar-refractivity contribution in [1.29, 1.82) is 0 Å². The Morgan fingerprint density at radius 1 is 1.26 bits per heavy atom. The van der Waals surface area contributed by atoms with Crippen molar-refractivity contribution in [3.05, 3.63) is 53.9 Å². The zero-order valence-corrected chi connectivity index (χ0v) is 15.4. The molecule has 0 unspecified atom stereocenters.